The largest absolute Gasteiger partial charge is 0.480 e. The van der Waals surface area contributed by atoms with Crippen LogP contribution in [-0.4, -0.2) is 53.3 Å². The minimum absolute atomic E-state index is 0.00304. The zero-order valence-corrected chi connectivity index (χ0v) is 30.9. The smallest absolute Gasteiger partial charge is 0.321 e. The summed E-state index contributed by atoms with van der Waals surface area (Å²) in [5, 5.41) is 9.04. The highest BCUT2D eigenvalue weighted by atomic mass is 32.2. The maximum Gasteiger partial charge on any atom is 0.321 e. The second-order valence-electron chi connectivity index (χ2n) is 13.3. The van der Waals surface area contributed by atoms with E-state index in [9.17, 15) is 14.4 Å². The molecule has 0 aliphatic rings. The quantitative estimate of drug-likeness (QED) is 0.0499. The van der Waals surface area contributed by atoms with Crippen molar-refractivity contribution in [3.05, 3.63) is 0 Å². The Morgan fingerprint density at radius 3 is 1.26 bits per heavy atom. The van der Waals surface area contributed by atoms with Crippen LogP contribution >= 0.6 is 11.8 Å². The van der Waals surface area contributed by atoms with Gasteiger partial charge < -0.3 is 20.3 Å². The minimum atomic E-state index is -1.06. The Morgan fingerprint density at radius 2 is 0.891 bits per heavy atom. The Labute approximate surface area is 287 Å². The molecule has 0 spiro atoms. The summed E-state index contributed by atoms with van der Waals surface area (Å²) in [6.45, 7) is 4.51. The lowest BCUT2D eigenvalue weighted by molar-refractivity contribution is -0.157. The number of esters is 2. The number of hydrogen-bond acceptors (Lipinski definition) is 7. The van der Waals surface area contributed by atoms with E-state index in [-0.39, 0.29) is 24.3 Å². The topological polar surface area (TPSA) is 116 Å². The van der Waals surface area contributed by atoms with E-state index in [2.05, 4.69) is 13.8 Å². The van der Waals surface area contributed by atoms with Gasteiger partial charge in [0.15, 0.2) is 0 Å². The molecule has 272 valence electrons. The van der Waals surface area contributed by atoms with Crippen LogP contribution in [0.25, 0.3) is 0 Å². The Kier molecular flexibility index (Phi) is 34.1. The monoisotopic (exact) mass is 672 g/mol. The lowest BCUT2D eigenvalue weighted by Crippen LogP contribution is -2.34. The number of carbonyl (C=O) groups is 3. The van der Waals surface area contributed by atoms with Gasteiger partial charge in [0.2, 0.25) is 0 Å². The second kappa shape index (κ2) is 35.0. The van der Waals surface area contributed by atoms with Gasteiger partial charge in [-0.25, -0.2) is 0 Å². The van der Waals surface area contributed by atoms with Gasteiger partial charge in [0.05, 0.1) is 0 Å². The molecule has 0 bridgehead atoms. The highest BCUT2D eigenvalue weighted by Gasteiger charge is 2.19. The van der Waals surface area contributed by atoms with Crippen molar-refractivity contribution < 1.29 is 29.0 Å². The van der Waals surface area contributed by atoms with Gasteiger partial charge in [0.1, 0.15) is 18.8 Å². The summed E-state index contributed by atoms with van der Waals surface area (Å²) in [4.78, 5) is 35.9. The zero-order valence-electron chi connectivity index (χ0n) is 30.0. The number of carbonyl (C=O) groups excluding carboxylic acids is 2. The molecule has 8 heteroatoms. The fourth-order valence-electron chi connectivity index (χ4n) is 5.59. The van der Waals surface area contributed by atoms with E-state index in [0.717, 1.165) is 38.5 Å². The summed E-state index contributed by atoms with van der Waals surface area (Å²) in [5.74, 6) is -1.07. The van der Waals surface area contributed by atoms with Crippen molar-refractivity contribution >= 4 is 29.7 Å². The van der Waals surface area contributed by atoms with Crippen molar-refractivity contribution in [2.75, 3.05) is 18.1 Å². The molecular weight excluding hydrogens is 598 g/mol. The highest BCUT2D eigenvalue weighted by molar-refractivity contribution is 7.99. The first-order chi connectivity index (χ1) is 22.4. The lowest BCUT2D eigenvalue weighted by Gasteiger charge is -2.18. The fourth-order valence-corrected chi connectivity index (χ4v) is 6.55. The number of ether oxygens (including phenoxy) is 2. The van der Waals surface area contributed by atoms with E-state index >= 15 is 0 Å². The van der Waals surface area contributed by atoms with Crippen LogP contribution in [0.3, 0.4) is 0 Å². The molecular formula is C38H73NO6S. The fraction of sp³-hybridized carbons (Fsp3) is 0.921. The Bertz CT molecular complexity index is 707. The molecule has 0 amide bonds. The third-order valence-corrected chi connectivity index (χ3v) is 9.82. The average Bonchev–Trinajstić information content (AvgIpc) is 3.04. The number of unbranched alkanes of at least 4 members (excludes halogenated alkanes) is 24. The van der Waals surface area contributed by atoms with Crippen molar-refractivity contribution in [1.29, 1.82) is 0 Å². The summed E-state index contributed by atoms with van der Waals surface area (Å²) in [6, 6.07) is -0.981. The van der Waals surface area contributed by atoms with E-state index in [0.29, 0.717) is 18.6 Å². The molecule has 0 radical (unpaired) electrons. The summed E-state index contributed by atoms with van der Waals surface area (Å²) in [7, 11) is 0. The van der Waals surface area contributed by atoms with Crippen LogP contribution in [0.1, 0.15) is 194 Å². The molecule has 2 atom stereocenters. The van der Waals surface area contributed by atoms with Gasteiger partial charge in [-0.05, 0) is 12.8 Å². The first-order valence-corrected chi connectivity index (χ1v) is 20.5. The molecule has 0 aromatic carbocycles. The van der Waals surface area contributed by atoms with Gasteiger partial charge in [-0.2, -0.15) is 11.8 Å². The Balaban J connectivity index is 4.06. The average molecular weight is 672 g/mol. The van der Waals surface area contributed by atoms with E-state index in [1.165, 1.54) is 140 Å². The molecule has 0 rings (SSSR count). The highest BCUT2D eigenvalue weighted by Crippen LogP contribution is 2.16. The maximum atomic E-state index is 12.5. The number of rotatable bonds is 36. The van der Waals surface area contributed by atoms with Crippen LogP contribution in [0.2, 0.25) is 0 Å². The summed E-state index contributed by atoms with van der Waals surface area (Å²) >= 11 is 1.30. The molecule has 0 fully saturated rings. The Hall–Kier alpha value is -1.28. The van der Waals surface area contributed by atoms with Crippen LogP contribution in [0.15, 0.2) is 0 Å². The first-order valence-electron chi connectivity index (χ1n) is 19.3. The molecule has 0 heterocycles. The molecule has 3 N–H and O–H groups in total. The van der Waals surface area contributed by atoms with Gasteiger partial charge >= 0.3 is 17.9 Å². The standard InChI is InChI=1S/C38H73NO6S/c1-3-5-7-9-11-13-15-17-19-21-23-25-27-29-36(40)44-31-34(32-46-33-35(39)38(42)43)45-37(41)30-28-26-24-22-20-18-16-14-12-10-8-6-4-2/h34-35H,3-33,39H2,1-2H3,(H,42,43)/t34-,35+/m1/s1. The molecule has 46 heavy (non-hydrogen) atoms. The SMILES string of the molecule is CCCCCCCCCCCCCCCC(=O)OC[C@H](CSC[C@H](N)C(=O)O)OC(=O)CCCCCCCCCCCCCCC. The van der Waals surface area contributed by atoms with Crippen LogP contribution in [0, 0.1) is 0 Å². The van der Waals surface area contributed by atoms with Crippen molar-refractivity contribution in [2.24, 2.45) is 5.73 Å². The molecule has 0 aliphatic carbocycles. The first kappa shape index (κ1) is 44.7. The van der Waals surface area contributed by atoms with Gasteiger partial charge in [0, 0.05) is 24.3 Å². The third kappa shape index (κ3) is 32.7. The molecule has 0 aromatic rings. The number of nitrogens with two attached hydrogens (primary N) is 1. The van der Waals surface area contributed by atoms with Crippen molar-refractivity contribution in [2.45, 2.75) is 206 Å². The number of carboxylic acids is 1. The van der Waals surface area contributed by atoms with Gasteiger partial charge in [-0.15, -0.1) is 0 Å². The van der Waals surface area contributed by atoms with Crippen molar-refractivity contribution in [3.8, 4) is 0 Å². The molecule has 0 saturated heterocycles. The summed E-state index contributed by atoms with van der Waals surface area (Å²) in [5.41, 5.74) is 5.61. The molecule has 7 nitrogen and oxygen atoms in total. The number of aliphatic carboxylic acids is 1. The van der Waals surface area contributed by atoms with Crippen LogP contribution in [-0.2, 0) is 23.9 Å². The normalized spacial score (nSPS) is 12.6. The van der Waals surface area contributed by atoms with Gasteiger partial charge in [-0.1, -0.05) is 168 Å². The van der Waals surface area contributed by atoms with E-state index < -0.39 is 18.1 Å². The molecule has 0 aliphatic heterocycles. The van der Waals surface area contributed by atoms with Crippen molar-refractivity contribution in [1.82, 2.24) is 0 Å². The van der Waals surface area contributed by atoms with Crippen LogP contribution in [0.4, 0.5) is 0 Å². The second-order valence-corrected chi connectivity index (χ2v) is 14.3. The molecule has 0 saturated carbocycles. The number of thioether (sulfide) groups is 1. The summed E-state index contributed by atoms with van der Waals surface area (Å²) in [6.07, 6.45) is 32.6. The third-order valence-electron chi connectivity index (χ3n) is 8.62. The predicted molar refractivity (Wildman–Crippen MR) is 194 cm³/mol. The van der Waals surface area contributed by atoms with Crippen molar-refractivity contribution in [3.63, 3.8) is 0 Å². The van der Waals surface area contributed by atoms with Crippen LogP contribution in [0.5, 0.6) is 0 Å². The number of hydrogen-bond donors (Lipinski definition) is 2. The molecule has 0 aromatic heterocycles. The summed E-state index contributed by atoms with van der Waals surface area (Å²) < 4.78 is 11.1. The predicted octanol–water partition coefficient (Wildman–Crippen LogP) is 10.5. The van der Waals surface area contributed by atoms with Gasteiger partial charge in [0.25, 0.3) is 0 Å². The minimum Gasteiger partial charge on any atom is -0.480 e. The van der Waals surface area contributed by atoms with E-state index in [1.54, 1.807) is 0 Å². The Morgan fingerprint density at radius 1 is 0.543 bits per heavy atom. The van der Waals surface area contributed by atoms with E-state index in [1.807, 2.05) is 0 Å². The lowest BCUT2D eigenvalue weighted by atomic mass is 10.0. The number of carboxylic acid groups (broad SMARTS) is 1. The molecule has 0 unspecified atom stereocenters. The maximum absolute atomic E-state index is 12.5. The van der Waals surface area contributed by atoms with E-state index in [4.69, 9.17) is 20.3 Å². The van der Waals surface area contributed by atoms with Crippen LogP contribution < -0.4 is 5.73 Å². The van der Waals surface area contributed by atoms with Gasteiger partial charge in [-0.3, -0.25) is 14.4 Å². The zero-order chi connectivity index (χ0) is 33.9.